The van der Waals surface area contributed by atoms with Gasteiger partial charge in [-0.2, -0.15) is 0 Å². The monoisotopic (exact) mass is 360 g/mol. The molecular weight excluding hydrogens is 336 g/mol. The molecule has 0 bridgehead atoms. The number of aryl methyl sites for hydroxylation is 1. The van der Waals surface area contributed by atoms with Crippen molar-refractivity contribution in [1.82, 2.24) is 5.32 Å². The van der Waals surface area contributed by atoms with Crippen LogP contribution in [-0.4, -0.2) is 20.4 Å². The Kier molecular flexibility index (Phi) is 6.20. The first-order valence-corrected chi connectivity index (χ1v) is 9.80. The van der Waals surface area contributed by atoms with Crippen LogP contribution in [0.3, 0.4) is 0 Å². The third-order valence-corrected chi connectivity index (χ3v) is 5.15. The van der Waals surface area contributed by atoms with Gasteiger partial charge in [-0.25, -0.2) is 8.42 Å². The summed E-state index contributed by atoms with van der Waals surface area (Å²) in [4.78, 5) is 12.3. The highest BCUT2D eigenvalue weighted by Gasteiger charge is 2.17. The number of benzene rings is 2. The van der Waals surface area contributed by atoms with E-state index < -0.39 is 10.0 Å². The maximum absolute atomic E-state index is 12.6. The van der Waals surface area contributed by atoms with Crippen LogP contribution in [0.25, 0.3) is 0 Å². The molecule has 2 rings (SSSR count). The van der Waals surface area contributed by atoms with Gasteiger partial charge < -0.3 is 5.32 Å². The highest BCUT2D eigenvalue weighted by atomic mass is 32.2. The van der Waals surface area contributed by atoms with E-state index in [0.717, 1.165) is 18.4 Å². The molecule has 0 unspecified atom stereocenters. The van der Waals surface area contributed by atoms with Gasteiger partial charge >= 0.3 is 0 Å². The lowest BCUT2D eigenvalue weighted by Crippen LogP contribution is -2.32. The number of rotatable bonds is 7. The molecule has 1 atom stereocenters. The summed E-state index contributed by atoms with van der Waals surface area (Å²) in [5, 5.41) is 2.88. The van der Waals surface area contributed by atoms with Crippen molar-refractivity contribution in [3.8, 4) is 0 Å². The van der Waals surface area contributed by atoms with Crippen molar-refractivity contribution >= 4 is 21.6 Å². The average molecular weight is 360 g/mol. The molecule has 134 valence electrons. The first-order valence-electron chi connectivity index (χ1n) is 8.32. The van der Waals surface area contributed by atoms with Crippen molar-refractivity contribution in [2.24, 2.45) is 0 Å². The molecule has 0 heterocycles. The third-order valence-electron chi connectivity index (χ3n) is 3.78. The summed E-state index contributed by atoms with van der Waals surface area (Å²) in [7, 11) is -3.75. The molecule has 0 aliphatic carbocycles. The molecule has 0 aromatic heterocycles. The van der Waals surface area contributed by atoms with Crippen LogP contribution in [0.1, 0.15) is 42.6 Å². The van der Waals surface area contributed by atoms with Crippen molar-refractivity contribution in [3.63, 3.8) is 0 Å². The Morgan fingerprint density at radius 2 is 1.84 bits per heavy atom. The minimum absolute atomic E-state index is 0.0446. The van der Waals surface area contributed by atoms with Gasteiger partial charge in [0, 0.05) is 17.3 Å². The second-order valence-electron chi connectivity index (χ2n) is 6.17. The molecule has 0 aliphatic heterocycles. The number of carbonyl (C=O) groups is 1. The Hall–Kier alpha value is -2.34. The second-order valence-corrected chi connectivity index (χ2v) is 7.85. The summed E-state index contributed by atoms with van der Waals surface area (Å²) in [6.07, 6.45) is 1.84. The van der Waals surface area contributed by atoms with Gasteiger partial charge in [-0.1, -0.05) is 31.5 Å². The minimum atomic E-state index is -3.75. The number of hydrogen-bond acceptors (Lipinski definition) is 3. The van der Waals surface area contributed by atoms with Gasteiger partial charge in [-0.3, -0.25) is 9.52 Å². The maximum Gasteiger partial charge on any atom is 0.261 e. The zero-order valence-corrected chi connectivity index (χ0v) is 15.6. The van der Waals surface area contributed by atoms with Gasteiger partial charge in [0.1, 0.15) is 0 Å². The van der Waals surface area contributed by atoms with E-state index in [1.165, 1.54) is 12.1 Å². The van der Waals surface area contributed by atoms with Crippen LogP contribution in [0.2, 0.25) is 0 Å². The molecule has 25 heavy (non-hydrogen) atoms. The molecule has 0 saturated carbocycles. The second kappa shape index (κ2) is 8.16. The number of hydrogen-bond donors (Lipinski definition) is 2. The van der Waals surface area contributed by atoms with Gasteiger partial charge in [0.15, 0.2) is 0 Å². The van der Waals surface area contributed by atoms with Gasteiger partial charge in [0.05, 0.1) is 4.90 Å². The Morgan fingerprint density at radius 1 is 1.12 bits per heavy atom. The smallest absolute Gasteiger partial charge is 0.261 e. The number of nitrogens with one attached hydrogen (secondary N) is 2. The predicted octanol–water partition coefficient (Wildman–Crippen LogP) is 3.71. The van der Waals surface area contributed by atoms with Crippen molar-refractivity contribution in [2.45, 2.75) is 44.6 Å². The third kappa shape index (κ3) is 5.32. The molecule has 0 spiro atoms. The lowest BCUT2D eigenvalue weighted by atomic mass is 10.1. The molecular formula is C19H24N2O3S. The molecule has 6 heteroatoms. The highest BCUT2D eigenvalue weighted by Crippen LogP contribution is 2.18. The van der Waals surface area contributed by atoms with Crippen molar-refractivity contribution in [3.05, 3.63) is 59.7 Å². The summed E-state index contributed by atoms with van der Waals surface area (Å²) >= 11 is 0. The van der Waals surface area contributed by atoms with E-state index >= 15 is 0 Å². The summed E-state index contributed by atoms with van der Waals surface area (Å²) < 4.78 is 27.7. The fourth-order valence-corrected chi connectivity index (χ4v) is 3.63. The number of anilines is 1. The fraction of sp³-hybridized carbons (Fsp3) is 0.316. The molecule has 2 aromatic rings. The Labute approximate surface area is 149 Å². The highest BCUT2D eigenvalue weighted by molar-refractivity contribution is 7.92. The number of sulfonamides is 1. The van der Waals surface area contributed by atoms with Gasteiger partial charge in [0.25, 0.3) is 15.9 Å². The molecule has 5 nitrogen and oxygen atoms in total. The van der Waals surface area contributed by atoms with E-state index in [1.807, 2.05) is 26.8 Å². The largest absolute Gasteiger partial charge is 0.350 e. The lowest BCUT2D eigenvalue weighted by Gasteiger charge is -2.13. The zero-order chi connectivity index (χ0) is 18.4. The molecule has 0 radical (unpaired) electrons. The standard InChI is InChI=1S/C19H24N2O3S/c1-4-7-15(3)20-19(22)16-9-6-11-18(13-16)25(23,24)21-17-10-5-8-14(2)12-17/h5-6,8-13,15,21H,4,7H2,1-3H3,(H,20,22)/t15-/m1/s1. The van der Waals surface area contributed by atoms with Gasteiger partial charge in [-0.05, 0) is 56.2 Å². The minimum Gasteiger partial charge on any atom is -0.350 e. The van der Waals surface area contributed by atoms with Crippen LogP contribution < -0.4 is 10.0 Å². The molecule has 1 amide bonds. The normalized spacial score (nSPS) is 12.4. The molecule has 2 N–H and O–H groups in total. The number of amides is 1. The SMILES string of the molecule is CCC[C@@H](C)NC(=O)c1cccc(S(=O)(=O)Nc2cccc(C)c2)c1. The summed E-state index contributed by atoms with van der Waals surface area (Å²) in [6.45, 7) is 5.87. The van der Waals surface area contributed by atoms with E-state index in [9.17, 15) is 13.2 Å². The Morgan fingerprint density at radius 3 is 2.52 bits per heavy atom. The summed E-state index contributed by atoms with van der Waals surface area (Å²) in [5.41, 5.74) is 1.78. The van der Waals surface area contributed by atoms with Gasteiger partial charge in [-0.15, -0.1) is 0 Å². The number of carbonyl (C=O) groups excluding carboxylic acids is 1. The fourth-order valence-electron chi connectivity index (χ4n) is 2.54. The Bertz CT molecular complexity index is 847. The molecule has 2 aromatic carbocycles. The van der Waals surface area contributed by atoms with Crippen LogP contribution in [0, 0.1) is 6.92 Å². The summed E-state index contributed by atoms with van der Waals surface area (Å²) in [6, 6.07) is 13.2. The van der Waals surface area contributed by atoms with E-state index in [2.05, 4.69) is 10.0 Å². The first-order chi connectivity index (χ1) is 11.8. The van der Waals surface area contributed by atoms with E-state index in [0.29, 0.717) is 11.3 Å². The van der Waals surface area contributed by atoms with Crippen LogP contribution in [0.15, 0.2) is 53.4 Å². The quantitative estimate of drug-likeness (QED) is 0.790. The first kappa shape index (κ1) is 19.0. The maximum atomic E-state index is 12.6. The van der Waals surface area contributed by atoms with Crippen LogP contribution in [0.5, 0.6) is 0 Å². The van der Waals surface area contributed by atoms with Crippen LogP contribution >= 0.6 is 0 Å². The van der Waals surface area contributed by atoms with Crippen molar-refractivity contribution < 1.29 is 13.2 Å². The van der Waals surface area contributed by atoms with Gasteiger partial charge in [0.2, 0.25) is 0 Å². The average Bonchev–Trinajstić information content (AvgIpc) is 2.54. The van der Waals surface area contributed by atoms with Crippen LogP contribution in [-0.2, 0) is 10.0 Å². The zero-order valence-electron chi connectivity index (χ0n) is 14.7. The van der Waals surface area contributed by atoms with E-state index in [4.69, 9.17) is 0 Å². The Balaban J connectivity index is 2.20. The van der Waals surface area contributed by atoms with Crippen molar-refractivity contribution in [2.75, 3.05) is 4.72 Å². The molecule has 0 aliphatic rings. The molecule has 0 fully saturated rings. The van der Waals surface area contributed by atoms with E-state index in [-0.39, 0.29) is 16.8 Å². The topological polar surface area (TPSA) is 75.3 Å². The molecule has 0 saturated heterocycles. The van der Waals surface area contributed by atoms with Crippen molar-refractivity contribution in [1.29, 1.82) is 0 Å². The lowest BCUT2D eigenvalue weighted by molar-refractivity contribution is 0.0938. The van der Waals surface area contributed by atoms with E-state index in [1.54, 1.807) is 30.3 Å². The predicted molar refractivity (Wildman–Crippen MR) is 100 cm³/mol. The van der Waals surface area contributed by atoms with Crippen LogP contribution in [0.4, 0.5) is 5.69 Å². The summed E-state index contributed by atoms with van der Waals surface area (Å²) in [5.74, 6) is -0.270.